The minimum atomic E-state index is -0.439. The monoisotopic (exact) mass is 319 g/mol. The number of quaternary nitrogens is 1. The highest BCUT2D eigenvalue weighted by Crippen LogP contribution is 2.21. The zero-order chi connectivity index (χ0) is 16.2. The Kier molecular flexibility index (Phi) is 4.78. The first-order chi connectivity index (χ1) is 11.2. The predicted octanol–water partition coefficient (Wildman–Crippen LogP) is 0.650. The van der Waals surface area contributed by atoms with Crippen LogP contribution in [0.1, 0.15) is 12.7 Å². The summed E-state index contributed by atoms with van der Waals surface area (Å²) in [4.78, 5) is 17.7. The van der Waals surface area contributed by atoms with Crippen LogP contribution in [0.3, 0.4) is 0 Å². The zero-order valence-electron chi connectivity index (χ0n) is 13.6. The molecular weight excluding hydrogens is 296 g/mol. The van der Waals surface area contributed by atoms with Crippen molar-refractivity contribution in [3.8, 4) is 0 Å². The molecule has 1 aromatic carbocycles. The summed E-state index contributed by atoms with van der Waals surface area (Å²) in [5.74, 6) is 1.09. The number of nitrogens with one attached hydrogen (secondary N) is 2. The molecule has 2 heterocycles. The fraction of sp³-hybridized carbons (Fsp3) is 0.500. The third-order valence-electron chi connectivity index (χ3n) is 4.11. The smallest absolute Gasteiger partial charge is 0.411 e. The third-order valence-corrected chi connectivity index (χ3v) is 4.11. The Bertz CT molecular complexity index is 698. The van der Waals surface area contributed by atoms with Crippen molar-refractivity contribution in [2.75, 3.05) is 38.7 Å². The molecule has 0 fully saturated rings. The number of carbonyl (C=O) groups excluding carboxylic acids is 1. The summed E-state index contributed by atoms with van der Waals surface area (Å²) in [7, 11) is 1.73. The Balaban J connectivity index is 1.78. The number of imidazole rings is 1. The molecule has 1 unspecified atom stereocenters. The standard InChI is InChI=1S/C16H22N4O3/c1-3-23-16(21)17-12-4-5-14-13(10-12)18-15-11-19(8-9-22-2)6-7-20(14)15/h4-5,10H,3,6-9,11H2,1-2H3,(H,17,21)/p+1. The van der Waals surface area contributed by atoms with Crippen molar-refractivity contribution < 1.29 is 19.2 Å². The number of rotatable bonds is 5. The van der Waals surface area contributed by atoms with Gasteiger partial charge in [0.2, 0.25) is 0 Å². The Morgan fingerprint density at radius 2 is 2.35 bits per heavy atom. The van der Waals surface area contributed by atoms with Gasteiger partial charge in [-0.25, -0.2) is 9.78 Å². The van der Waals surface area contributed by atoms with Gasteiger partial charge in [-0.1, -0.05) is 0 Å². The van der Waals surface area contributed by atoms with Gasteiger partial charge in [0.25, 0.3) is 0 Å². The second-order valence-corrected chi connectivity index (χ2v) is 5.65. The molecule has 0 saturated carbocycles. The zero-order valence-corrected chi connectivity index (χ0v) is 13.6. The van der Waals surface area contributed by atoms with Crippen molar-refractivity contribution in [3.63, 3.8) is 0 Å². The molecule has 0 saturated heterocycles. The quantitative estimate of drug-likeness (QED) is 0.849. The summed E-state index contributed by atoms with van der Waals surface area (Å²) < 4.78 is 12.3. The van der Waals surface area contributed by atoms with E-state index in [1.165, 1.54) is 4.90 Å². The molecule has 1 atom stereocenters. The molecule has 0 spiro atoms. The Morgan fingerprint density at radius 3 is 3.13 bits per heavy atom. The van der Waals surface area contributed by atoms with E-state index in [1.807, 2.05) is 18.2 Å². The topological polar surface area (TPSA) is 69.8 Å². The summed E-state index contributed by atoms with van der Waals surface area (Å²) in [6.45, 7) is 6.83. The van der Waals surface area contributed by atoms with E-state index in [1.54, 1.807) is 14.0 Å². The lowest BCUT2D eigenvalue weighted by Crippen LogP contribution is -3.12. The van der Waals surface area contributed by atoms with Crippen LogP contribution in [0.15, 0.2) is 18.2 Å². The number of nitrogens with zero attached hydrogens (tertiary/aromatic N) is 2. The first kappa shape index (κ1) is 15.8. The van der Waals surface area contributed by atoms with E-state index in [4.69, 9.17) is 14.5 Å². The first-order valence-electron chi connectivity index (χ1n) is 7.96. The maximum absolute atomic E-state index is 11.5. The molecule has 2 aromatic rings. The van der Waals surface area contributed by atoms with Crippen molar-refractivity contribution in [2.45, 2.75) is 20.0 Å². The summed E-state index contributed by atoms with van der Waals surface area (Å²) in [5, 5.41) is 2.72. The summed E-state index contributed by atoms with van der Waals surface area (Å²) in [6.07, 6.45) is -0.439. The van der Waals surface area contributed by atoms with E-state index in [-0.39, 0.29) is 0 Å². The second-order valence-electron chi connectivity index (χ2n) is 5.65. The lowest BCUT2D eigenvalue weighted by atomic mass is 10.2. The van der Waals surface area contributed by atoms with Crippen molar-refractivity contribution in [2.24, 2.45) is 0 Å². The predicted molar refractivity (Wildman–Crippen MR) is 86.7 cm³/mol. The van der Waals surface area contributed by atoms with Crippen LogP contribution < -0.4 is 10.2 Å². The van der Waals surface area contributed by atoms with Crippen LogP contribution in [0.25, 0.3) is 11.0 Å². The molecule has 7 nitrogen and oxygen atoms in total. The van der Waals surface area contributed by atoms with E-state index in [0.717, 1.165) is 49.6 Å². The third kappa shape index (κ3) is 3.46. The molecule has 1 aliphatic heterocycles. The molecule has 2 N–H and O–H groups in total. The second kappa shape index (κ2) is 6.97. The van der Waals surface area contributed by atoms with Gasteiger partial charge in [-0.3, -0.25) is 5.32 Å². The lowest BCUT2D eigenvalue weighted by molar-refractivity contribution is -0.918. The van der Waals surface area contributed by atoms with Crippen LogP contribution in [0, 0.1) is 0 Å². The van der Waals surface area contributed by atoms with Crippen LogP contribution >= 0.6 is 0 Å². The highest BCUT2D eigenvalue weighted by atomic mass is 16.5. The Hall–Kier alpha value is -2.12. The van der Waals surface area contributed by atoms with Crippen LogP contribution in [0.5, 0.6) is 0 Å². The van der Waals surface area contributed by atoms with E-state index in [2.05, 4.69) is 9.88 Å². The number of aromatic nitrogens is 2. The number of fused-ring (bicyclic) bond motifs is 3. The van der Waals surface area contributed by atoms with Crippen molar-refractivity contribution in [3.05, 3.63) is 24.0 Å². The fourth-order valence-corrected chi connectivity index (χ4v) is 2.97. The molecule has 1 amide bonds. The van der Waals surface area contributed by atoms with E-state index < -0.39 is 6.09 Å². The SMILES string of the molecule is CCOC(=O)Nc1ccc2c(c1)nc1n2CC[NH+](CCOC)C1. The molecular formula is C16H23N4O3+. The molecule has 0 aliphatic carbocycles. The summed E-state index contributed by atoms with van der Waals surface area (Å²) in [6, 6.07) is 5.79. The van der Waals surface area contributed by atoms with Crippen molar-refractivity contribution >= 4 is 22.8 Å². The van der Waals surface area contributed by atoms with Crippen LogP contribution in [0.4, 0.5) is 10.5 Å². The molecule has 3 rings (SSSR count). The van der Waals surface area contributed by atoms with Gasteiger partial charge < -0.3 is 18.9 Å². The number of hydrogen-bond donors (Lipinski definition) is 2. The van der Waals surface area contributed by atoms with Crippen LogP contribution in [0.2, 0.25) is 0 Å². The number of amides is 1. The fourth-order valence-electron chi connectivity index (χ4n) is 2.97. The highest BCUT2D eigenvalue weighted by molar-refractivity contribution is 5.88. The van der Waals surface area contributed by atoms with Gasteiger partial charge in [-0.2, -0.15) is 0 Å². The van der Waals surface area contributed by atoms with Crippen molar-refractivity contribution in [1.82, 2.24) is 9.55 Å². The number of ether oxygens (including phenoxy) is 2. The van der Waals surface area contributed by atoms with Gasteiger partial charge in [0, 0.05) is 12.8 Å². The largest absolute Gasteiger partial charge is 0.450 e. The van der Waals surface area contributed by atoms with E-state index >= 15 is 0 Å². The van der Waals surface area contributed by atoms with Gasteiger partial charge in [0.1, 0.15) is 13.1 Å². The first-order valence-corrected chi connectivity index (χ1v) is 7.96. The van der Waals surface area contributed by atoms with Gasteiger partial charge in [-0.15, -0.1) is 0 Å². The normalized spacial score (nSPS) is 17.0. The highest BCUT2D eigenvalue weighted by Gasteiger charge is 2.22. The van der Waals surface area contributed by atoms with E-state index in [0.29, 0.717) is 12.3 Å². The number of hydrogen-bond acceptors (Lipinski definition) is 4. The van der Waals surface area contributed by atoms with Crippen molar-refractivity contribution in [1.29, 1.82) is 0 Å². The maximum atomic E-state index is 11.5. The number of methoxy groups -OCH3 is 1. The summed E-state index contributed by atoms with van der Waals surface area (Å²) in [5.41, 5.74) is 2.72. The Morgan fingerprint density at radius 1 is 1.48 bits per heavy atom. The molecule has 23 heavy (non-hydrogen) atoms. The van der Waals surface area contributed by atoms with Crippen LogP contribution in [-0.2, 0) is 22.6 Å². The lowest BCUT2D eigenvalue weighted by Gasteiger charge is -2.24. The van der Waals surface area contributed by atoms with Gasteiger partial charge in [0.15, 0.2) is 5.82 Å². The average Bonchev–Trinajstić information content (AvgIpc) is 2.89. The molecule has 1 aromatic heterocycles. The Labute approximate surface area is 135 Å². The number of benzene rings is 1. The summed E-state index contributed by atoms with van der Waals surface area (Å²) >= 11 is 0. The van der Waals surface area contributed by atoms with Crippen LogP contribution in [-0.4, -0.2) is 49.1 Å². The molecule has 124 valence electrons. The maximum Gasteiger partial charge on any atom is 0.411 e. The molecule has 0 bridgehead atoms. The van der Waals surface area contributed by atoms with Gasteiger partial charge in [0.05, 0.1) is 37.3 Å². The minimum Gasteiger partial charge on any atom is -0.450 e. The van der Waals surface area contributed by atoms with Gasteiger partial charge in [-0.05, 0) is 25.1 Å². The number of carbonyl (C=O) groups is 1. The molecule has 7 heteroatoms. The van der Waals surface area contributed by atoms with E-state index in [9.17, 15) is 4.79 Å². The minimum absolute atomic E-state index is 0.354. The van der Waals surface area contributed by atoms with Gasteiger partial charge >= 0.3 is 6.09 Å². The molecule has 1 aliphatic rings. The molecule has 0 radical (unpaired) electrons. The average molecular weight is 319 g/mol. The number of anilines is 1.